The number of carbonyl (C=O) groups is 2. The number of hydrogen-bond acceptors (Lipinski definition) is 2. The molecule has 0 aromatic carbocycles. The van der Waals surface area contributed by atoms with E-state index in [4.69, 9.17) is 5.73 Å². The molecule has 12 heavy (non-hydrogen) atoms. The zero-order chi connectivity index (χ0) is 9.56. The van der Waals surface area contributed by atoms with Crippen LogP contribution in [0, 0.1) is 5.92 Å². The van der Waals surface area contributed by atoms with Crippen LogP contribution in [0.4, 0.5) is 0 Å². The van der Waals surface area contributed by atoms with Gasteiger partial charge in [0.2, 0.25) is 11.8 Å². The van der Waals surface area contributed by atoms with Gasteiger partial charge in [-0.3, -0.25) is 9.59 Å². The fraction of sp³-hybridized carbons (Fsp3) is 0.500. The third-order valence-corrected chi connectivity index (χ3v) is 1.20. The molecule has 0 bridgehead atoms. The van der Waals surface area contributed by atoms with Gasteiger partial charge in [-0.25, -0.2) is 0 Å². The molecule has 0 saturated heterocycles. The Morgan fingerprint density at radius 1 is 1.50 bits per heavy atom. The van der Waals surface area contributed by atoms with Gasteiger partial charge in [-0.15, -0.1) is 0 Å². The number of nitrogens with two attached hydrogens (primary N) is 1. The lowest BCUT2D eigenvalue weighted by atomic mass is 10.2. The highest BCUT2D eigenvalue weighted by Crippen LogP contribution is 1.89. The molecule has 3 N–H and O–H groups in total. The van der Waals surface area contributed by atoms with Crippen LogP contribution >= 0.6 is 0 Å². The summed E-state index contributed by atoms with van der Waals surface area (Å²) in [4.78, 5) is 21.1. The number of nitrogens with one attached hydrogen (secondary N) is 1. The number of primary amides is 1. The van der Waals surface area contributed by atoms with Gasteiger partial charge in [-0.2, -0.15) is 0 Å². The number of rotatable bonds is 4. The zero-order valence-electron chi connectivity index (χ0n) is 7.33. The normalized spacial score (nSPS) is 10.6. The molecule has 0 atom stereocenters. The summed E-state index contributed by atoms with van der Waals surface area (Å²) >= 11 is 0. The lowest BCUT2D eigenvalue weighted by Crippen LogP contribution is -2.27. The van der Waals surface area contributed by atoms with E-state index in [-0.39, 0.29) is 11.8 Å². The summed E-state index contributed by atoms with van der Waals surface area (Å²) in [6.07, 6.45) is 2.74. The molecule has 0 fully saturated rings. The Labute approximate surface area is 71.8 Å². The Morgan fingerprint density at radius 2 is 2.08 bits per heavy atom. The first-order valence-corrected chi connectivity index (χ1v) is 3.77. The Morgan fingerprint density at radius 3 is 2.50 bits per heavy atom. The summed E-state index contributed by atoms with van der Waals surface area (Å²) in [6.45, 7) is 3.94. The van der Waals surface area contributed by atoms with Crippen molar-refractivity contribution in [1.29, 1.82) is 0 Å². The van der Waals surface area contributed by atoms with E-state index in [0.717, 1.165) is 0 Å². The molecular formula is C8H14N2O2. The zero-order valence-corrected chi connectivity index (χ0v) is 7.33. The quantitative estimate of drug-likeness (QED) is 0.573. The fourth-order valence-corrected chi connectivity index (χ4v) is 0.539. The van der Waals surface area contributed by atoms with E-state index in [2.05, 4.69) is 5.32 Å². The van der Waals surface area contributed by atoms with Gasteiger partial charge < -0.3 is 11.1 Å². The van der Waals surface area contributed by atoms with Crippen LogP contribution in [0.2, 0.25) is 0 Å². The average Bonchev–Trinajstić information content (AvgIpc) is 1.97. The lowest BCUT2D eigenvalue weighted by Gasteiger charge is -2.03. The van der Waals surface area contributed by atoms with E-state index in [1.807, 2.05) is 0 Å². The Kier molecular flexibility index (Phi) is 4.76. The third kappa shape index (κ3) is 5.46. The van der Waals surface area contributed by atoms with E-state index in [1.165, 1.54) is 12.2 Å². The van der Waals surface area contributed by atoms with E-state index in [0.29, 0.717) is 6.54 Å². The van der Waals surface area contributed by atoms with Crippen LogP contribution in [0.5, 0.6) is 0 Å². The Hall–Kier alpha value is -1.32. The van der Waals surface area contributed by atoms with Crippen LogP contribution in [-0.2, 0) is 9.59 Å². The van der Waals surface area contributed by atoms with Gasteiger partial charge in [0, 0.05) is 18.5 Å². The first-order chi connectivity index (χ1) is 5.54. The van der Waals surface area contributed by atoms with Crippen molar-refractivity contribution in [3.8, 4) is 0 Å². The minimum Gasteiger partial charge on any atom is -0.366 e. The molecule has 0 unspecified atom stereocenters. The first kappa shape index (κ1) is 10.7. The van der Waals surface area contributed by atoms with Crippen LogP contribution in [0.25, 0.3) is 0 Å². The molecule has 0 aromatic heterocycles. The molecule has 4 nitrogen and oxygen atoms in total. The monoisotopic (exact) mass is 170 g/mol. The van der Waals surface area contributed by atoms with Crippen molar-refractivity contribution >= 4 is 11.8 Å². The van der Waals surface area contributed by atoms with Gasteiger partial charge in [-0.05, 0) is 0 Å². The Bertz CT molecular complexity index is 197. The number of hydrogen-bond donors (Lipinski definition) is 2. The standard InChI is InChI=1S/C8H14N2O2/c1-6(2)8(12)10-5-3-4-7(9)11/h3-4,6H,5H2,1-2H3,(H2,9,11)(H,10,12)/b4-3+. The van der Waals surface area contributed by atoms with Gasteiger partial charge in [0.15, 0.2) is 0 Å². The van der Waals surface area contributed by atoms with Crippen molar-refractivity contribution in [2.24, 2.45) is 11.7 Å². The van der Waals surface area contributed by atoms with Crippen molar-refractivity contribution < 1.29 is 9.59 Å². The molecule has 0 aliphatic carbocycles. The van der Waals surface area contributed by atoms with Crippen LogP contribution in [0.3, 0.4) is 0 Å². The summed E-state index contributed by atoms with van der Waals surface area (Å²) < 4.78 is 0. The van der Waals surface area contributed by atoms with Gasteiger partial charge in [0.25, 0.3) is 0 Å². The van der Waals surface area contributed by atoms with Crippen molar-refractivity contribution in [1.82, 2.24) is 5.32 Å². The highest BCUT2D eigenvalue weighted by atomic mass is 16.2. The molecule has 0 heterocycles. The maximum absolute atomic E-state index is 10.9. The Balaban J connectivity index is 3.57. The molecule has 0 aliphatic heterocycles. The maximum Gasteiger partial charge on any atom is 0.241 e. The minimum absolute atomic E-state index is 0.0352. The number of carbonyl (C=O) groups excluding carboxylic acids is 2. The van der Waals surface area contributed by atoms with Crippen LogP contribution < -0.4 is 11.1 Å². The van der Waals surface area contributed by atoms with Gasteiger partial charge in [-0.1, -0.05) is 19.9 Å². The van der Waals surface area contributed by atoms with Crippen molar-refractivity contribution in [2.45, 2.75) is 13.8 Å². The van der Waals surface area contributed by atoms with Crippen molar-refractivity contribution in [3.05, 3.63) is 12.2 Å². The van der Waals surface area contributed by atoms with Crippen LogP contribution in [0.15, 0.2) is 12.2 Å². The number of amides is 2. The largest absolute Gasteiger partial charge is 0.366 e. The molecule has 4 heteroatoms. The summed E-state index contributed by atoms with van der Waals surface area (Å²) in [6, 6.07) is 0. The smallest absolute Gasteiger partial charge is 0.241 e. The van der Waals surface area contributed by atoms with Crippen LogP contribution in [0.1, 0.15) is 13.8 Å². The van der Waals surface area contributed by atoms with E-state index in [9.17, 15) is 9.59 Å². The summed E-state index contributed by atoms with van der Waals surface area (Å²) in [5, 5.41) is 2.60. The predicted molar refractivity (Wildman–Crippen MR) is 46.2 cm³/mol. The molecule has 0 aliphatic rings. The SMILES string of the molecule is CC(C)C(=O)NC/C=C/C(N)=O. The van der Waals surface area contributed by atoms with E-state index >= 15 is 0 Å². The molecule has 0 radical (unpaired) electrons. The predicted octanol–water partition coefficient (Wildman–Crippen LogP) is -0.200. The highest BCUT2D eigenvalue weighted by Gasteiger charge is 2.03. The summed E-state index contributed by atoms with van der Waals surface area (Å²) in [5.74, 6) is -0.579. The third-order valence-electron chi connectivity index (χ3n) is 1.20. The maximum atomic E-state index is 10.9. The van der Waals surface area contributed by atoms with E-state index < -0.39 is 5.91 Å². The molecule has 0 saturated carbocycles. The van der Waals surface area contributed by atoms with Crippen molar-refractivity contribution in [2.75, 3.05) is 6.54 Å². The first-order valence-electron chi connectivity index (χ1n) is 3.77. The van der Waals surface area contributed by atoms with E-state index in [1.54, 1.807) is 13.8 Å². The lowest BCUT2D eigenvalue weighted by molar-refractivity contribution is -0.123. The molecule has 2 amide bonds. The molecular weight excluding hydrogens is 156 g/mol. The fourth-order valence-electron chi connectivity index (χ4n) is 0.539. The second-order valence-corrected chi connectivity index (χ2v) is 2.70. The second kappa shape index (κ2) is 5.35. The minimum atomic E-state index is -0.506. The van der Waals surface area contributed by atoms with Gasteiger partial charge in [0.05, 0.1) is 0 Å². The second-order valence-electron chi connectivity index (χ2n) is 2.70. The van der Waals surface area contributed by atoms with Gasteiger partial charge in [0.1, 0.15) is 0 Å². The van der Waals surface area contributed by atoms with Gasteiger partial charge >= 0.3 is 0 Å². The van der Waals surface area contributed by atoms with Crippen LogP contribution in [-0.4, -0.2) is 18.4 Å². The molecule has 0 rings (SSSR count). The molecule has 68 valence electrons. The molecule has 0 spiro atoms. The molecule has 0 aromatic rings. The summed E-state index contributed by atoms with van der Waals surface area (Å²) in [7, 11) is 0. The van der Waals surface area contributed by atoms with Crippen molar-refractivity contribution in [3.63, 3.8) is 0 Å². The summed E-state index contributed by atoms with van der Waals surface area (Å²) in [5.41, 5.74) is 4.83. The highest BCUT2D eigenvalue weighted by molar-refractivity contribution is 5.85. The average molecular weight is 170 g/mol. The topological polar surface area (TPSA) is 72.2 Å².